The van der Waals surface area contributed by atoms with E-state index in [1.807, 2.05) is 53.9 Å². The Balaban J connectivity index is 1.10. The molecule has 12 nitrogen and oxygen atoms in total. The van der Waals surface area contributed by atoms with E-state index in [-0.39, 0.29) is 0 Å². The lowest BCUT2D eigenvalue weighted by atomic mass is 10.1. The van der Waals surface area contributed by atoms with Crippen molar-refractivity contribution < 1.29 is 4.74 Å². The molecule has 212 valence electrons. The molecular formula is C30H31N11O. The van der Waals surface area contributed by atoms with Crippen molar-refractivity contribution in [3.63, 3.8) is 0 Å². The average molecular weight is 562 g/mol. The number of ether oxygens (including phenoxy) is 1. The molecule has 2 aliphatic rings. The summed E-state index contributed by atoms with van der Waals surface area (Å²) in [7, 11) is 3.73. The maximum atomic E-state index is 9.77. The van der Waals surface area contributed by atoms with Gasteiger partial charge in [-0.25, -0.2) is 19.5 Å². The van der Waals surface area contributed by atoms with E-state index in [1.165, 1.54) is 5.56 Å². The van der Waals surface area contributed by atoms with Gasteiger partial charge in [-0.15, -0.1) is 0 Å². The Bertz CT molecular complexity index is 1740. The minimum absolute atomic E-state index is 0.375. The molecule has 2 saturated heterocycles. The number of anilines is 1. The summed E-state index contributed by atoms with van der Waals surface area (Å²) >= 11 is 0. The van der Waals surface area contributed by atoms with Crippen molar-refractivity contribution in [3.8, 4) is 34.5 Å². The summed E-state index contributed by atoms with van der Waals surface area (Å²) in [6.45, 7) is 6.47. The number of methoxy groups -OCH3 is 1. The third-order valence-corrected chi connectivity index (χ3v) is 8.06. The monoisotopic (exact) mass is 561 g/mol. The molecule has 0 unspecified atom stereocenters. The first-order chi connectivity index (χ1) is 20.6. The van der Waals surface area contributed by atoms with Gasteiger partial charge in [0.1, 0.15) is 23.0 Å². The molecule has 0 atom stereocenters. The Morgan fingerprint density at radius 3 is 2.48 bits per heavy atom. The molecule has 0 aromatic carbocycles. The molecule has 0 bridgehead atoms. The normalized spacial score (nSPS) is 16.5. The SMILES string of the molecule is COc1ccc(CN2CCN(c3ccc(-c4nc(-c5cnn(C6CN(C)C6)c5)cn5ncc(C#N)c45)cn3)CC2)cn1. The largest absolute Gasteiger partial charge is 0.481 e. The molecule has 0 N–H and O–H groups in total. The van der Waals surface area contributed by atoms with Crippen LogP contribution in [0, 0.1) is 11.3 Å². The number of hydrogen-bond acceptors (Lipinski definition) is 10. The van der Waals surface area contributed by atoms with Gasteiger partial charge in [-0.2, -0.15) is 15.5 Å². The molecule has 0 radical (unpaired) electrons. The molecule has 0 aliphatic carbocycles. The van der Waals surface area contributed by atoms with Crippen molar-refractivity contribution in [3.05, 3.63) is 72.6 Å². The van der Waals surface area contributed by atoms with Crippen LogP contribution < -0.4 is 9.64 Å². The molecule has 7 heterocycles. The predicted octanol–water partition coefficient (Wildman–Crippen LogP) is 2.74. The second-order valence-electron chi connectivity index (χ2n) is 10.9. The molecule has 0 spiro atoms. The van der Waals surface area contributed by atoms with E-state index in [4.69, 9.17) is 14.7 Å². The fraction of sp³-hybridized carbons (Fsp3) is 0.333. The number of nitrogens with zero attached hydrogens (tertiary/aromatic N) is 11. The summed E-state index contributed by atoms with van der Waals surface area (Å²) in [5.74, 6) is 1.56. The van der Waals surface area contributed by atoms with Gasteiger partial charge in [-0.05, 0) is 24.7 Å². The Morgan fingerprint density at radius 2 is 1.79 bits per heavy atom. The number of likely N-dealkylation sites (N-methyl/N-ethyl adjacent to an activating group) is 1. The number of hydrogen-bond donors (Lipinski definition) is 0. The molecule has 0 saturated carbocycles. The lowest BCUT2D eigenvalue weighted by Crippen LogP contribution is -2.46. The number of fused-ring (bicyclic) bond motifs is 1. The zero-order valence-electron chi connectivity index (χ0n) is 23.6. The Morgan fingerprint density at radius 1 is 0.929 bits per heavy atom. The van der Waals surface area contributed by atoms with E-state index >= 15 is 0 Å². The summed E-state index contributed by atoms with van der Waals surface area (Å²) in [6, 6.07) is 10.7. The number of likely N-dealkylation sites (tertiary alicyclic amines) is 1. The molecule has 0 amide bonds. The maximum absolute atomic E-state index is 9.77. The van der Waals surface area contributed by atoms with Crippen LogP contribution in [0.5, 0.6) is 5.88 Å². The molecule has 12 heteroatoms. The van der Waals surface area contributed by atoms with E-state index < -0.39 is 0 Å². The van der Waals surface area contributed by atoms with Gasteiger partial charge in [0.2, 0.25) is 5.88 Å². The predicted molar refractivity (Wildman–Crippen MR) is 157 cm³/mol. The van der Waals surface area contributed by atoms with E-state index in [2.05, 4.69) is 49.1 Å². The van der Waals surface area contributed by atoms with Gasteiger partial charge in [-0.3, -0.25) is 9.58 Å². The Labute approximate surface area is 243 Å². The van der Waals surface area contributed by atoms with Crippen LogP contribution in [-0.2, 0) is 6.54 Å². The van der Waals surface area contributed by atoms with Crippen molar-refractivity contribution in [2.24, 2.45) is 0 Å². The molecule has 5 aromatic rings. The van der Waals surface area contributed by atoms with Crippen molar-refractivity contribution >= 4 is 11.3 Å². The second kappa shape index (κ2) is 10.8. The molecule has 42 heavy (non-hydrogen) atoms. The van der Waals surface area contributed by atoms with Crippen molar-refractivity contribution in [2.45, 2.75) is 12.6 Å². The average Bonchev–Trinajstić information content (AvgIpc) is 3.67. The highest BCUT2D eigenvalue weighted by Crippen LogP contribution is 2.30. The number of rotatable bonds is 7. The van der Waals surface area contributed by atoms with Gasteiger partial charge >= 0.3 is 0 Å². The van der Waals surface area contributed by atoms with E-state index in [9.17, 15) is 5.26 Å². The molecular weight excluding hydrogens is 530 g/mol. The first-order valence-corrected chi connectivity index (χ1v) is 14.0. The van der Waals surface area contributed by atoms with Crippen LogP contribution in [0.25, 0.3) is 28.0 Å². The van der Waals surface area contributed by atoms with Gasteiger partial charge in [0.15, 0.2) is 0 Å². The fourth-order valence-corrected chi connectivity index (χ4v) is 5.67. The maximum Gasteiger partial charge on any atom is 0.212 e. The first kappa shape index (κ1) is 26.1. The molecule has 2 aliphatic heterocycles. The molecule has 5 aromatic heterocycles. The third kappa shape index (κ3) is 4.93. The number of aromatic nitrogens is 7. The number of piperazine rings is 1. The second-order valence-corrected chi connectivity index (χ2v) is 10.9. The van der Waals surface area contributed by atoms with E-state index in [0.29, 0.717) is 28.7 Å². The number of pyridine rings is 2. The van der Waals surface area contributed by atoms with Crippen LogP contribution in [0.1, 0.15) is 17.2 Å². The summed E-state index contributed by atoms with van der Waals surface area (Å²) < 4.78 is 8.91. The van der Waals surface area contributed by atoms with Crippen LogP contribution >= 0.6 is 0 Å². The highest BCUT2D eigenvalue weighted by atomic mass is 16.5. The van der Waals surface area contributed by atoms with Crippen LogP contribution in [0.3, 0.4) is 0 Å². The Kier molecular flexibility index (Phi) is 6.73. The van der Waals surface area contributed by atoms with Gasteiger partial charge in [0.05, 0.1) is 43.1 Å². The first-order valence-electron chi connectivity index (χ1n) is 14.0. The topological polar surface area (TPSA) is 117 Å². The fourth-order valence-electron chi connectivity index (χ4n) is 5.67. The van der Waals surface area contributed by atoms with Crippen LogP contribution in [0.2, 0.25) is 0 Å². The minimum atomic E-state index is 0.375. The zero-order chi connectivity index (χ0) is 28.6. The lowest BCUT2D eigenvalue weighted by Gasteiger charge is -2.36. The third-order valence-electron chi connectivity index (χ3n) is 8.06. The summed E-state index contributed by atoms with van der Waals surface area (Å²) in [5.41, 5.74) is 5.49. The van der Waals surface area contributed by atoms with Crippen molar-refractivity contribution in [2.75, 3.05) is 58.3 Å². The highest BCUT2D eigenvalue weighted by Gasteiger charge is 2.26. The minimum Gasteiger partial charge on any atom is -0.481 e. The summed E-state index contributed by atoms with van der Waals surface area (Å²) in [5, 5.41) is 18.8. The standard InChI is InChI=1S/C30H31N11O/c1-37-18-25(19-37)40-17-24(15-34-40)26-20-41-30(23(11-31)14-35-41)29(36-26)22-4-5-27(32-13-22)39-9-7-38(8-10-39)16-21-3-6-28(42-2)33-12-21/h3-6,12-15,17,20,25H,7-10,16,18-19H2,1-2H3. The number of nitriles is 1. The van der Waals surface area contributed by atoms with Gasteiger partial charge < -0.3 is 14.5 Å². The highest BCUT2D eigenvalue weighted by molar-refractivity contribution is 5.83. The van der Waals surface area contributed by atoms with Crippen LogP contribution in [0.4, 0.5) is 5.82 Å². The van der Waals surface area contributed by atoms with Crippen molar-refractivity contribution in [1.82, 2.24) is 44.1 Å². The van der Waals surface area contributed by atoms with Gasteiger partial charge in [0.25, 0.3) is 0 Å². The van der Waals surface area contributed by atoms with Crippen molar-refractivity contribution in [1.29, 1.82) is 5.26 Å². The molecule has 7 rings (SSSR count). The van der Waals surface area contributed by atoms with E-state index in [0.717, 1.165) is 68.5 Å². The quantitative estimate of drug-likeness (QED) is 0.294. The zero-order valence-corrected chi connectivity index (χ0v) is 23.6. The van der Waals surface area contributed by atoms with Gasteiger partial charge in [0, 0.05) is 81.6 Å². The summed E-state index contributed by atoms with van der Waals surface area (Å²) in [4.78, 5) is 21.1. The lowest BCUT2D eigenvalue weighted by molar-refractivity contribution is 0.130. The van der Waals surface area contributed by atoms with Crippen LogP contribution in [0.15, 0.2) is 61.4 Å². The summed E-state index contributed by atoms with van der Waals surface area (Å²) in [6.07, 6.45) is 11.0. The van der Waals surface area contributed by atoms with Gasteiger partial charge in [-0.1, -0.05) is 6.07 Å². The van der Waals surface area contributed by atoms with E-state index in [1.54, 1.807) is 17.8 Å². The smallest absolute Gasteiger partial charge is 0.212 e. The Hall–Kier alpha value is -4.86. The van der Waals surface area contributed by atoms with Crippen LogP contribution in [-0.4, -0.2) is 97.6 Å². The molecule has 2 fully saturated rings.